The van der Waals surface area contributed by atoms with E-state index in [1.54, 1.807) is 7.11 Å². The third-order valence-electron chi connectivity index (χ3n) is 3.71. The first kappa shape index (κ1) is 14.5. The van der Waals surface area contributed by atoms with Crippen molar-refractivity contribution in [2.24, 2.45) is 0 Å². The van der Waals surface area contributed by atoms with Crippen LogP contribution in [0, 0.1) is 0 Å². The molecule has 1 saturated heterocycles. The fourth-order valence-corrected chi connectivity index (χ4v) is 3.57. The van der Waals surface area contributed by atoms with Gasteiger partial charge in [0, 0.05) is 17.7 Å². The van der Waals surface area contributed by atoms with Crippen molar-refractivity contribution in [3.63, 3.8) is 0 Å². The summed E-state index contributed by atoms with van der Waals surface area (Å²) in [6.45, 7) is 0.742. The monoisotopic (exact) mass is 304 g/mol. The van der Waals surface area contributed by atoms with E-state index in [9.17, 15) is 0 Å². The Morgan fingerprint density at radius 2 is 2.19 bits per heavy atom. The number of rotatable bonds is 5. The summed E-state index contributed by atoms with van der Waals surface area (Å²) in [5.74, 6) is 4.22. The van der Waals surface area contributed by atoms with Crippen molar-refractivity contribution in [3.05, 3.63) is 36.1 Å². The zero-order chi connectivity index (χ0) is 14.5. The molecule has 0 atom stereocenters. The number of methoxy groups -OCH3 is 1. The molecular weight excluding hydrogens is 284 g/mol. The standard InChI is InChI=1S/C16H20N2O2S/c1-19-14-4-2-3-12(9-14)16-10-15(20-18-16)11-17-13-5-7-21-8-6-13/h2-4,9-10,13,17H,5-8,11H2,1H3. The second-order valence-electron chi connectivity index (χ2n) is 5.18. The Hall–Kier alpha value is -1.46. The predicted octanol–water partition coefficient (Wildman–Crippen LogP) is 3.34. The Balaban J connectivity index is 1.62. The molecule has 1 aromatic heterocycles. The van der Waals surface area contributed by atoms with E-state index < -0.39 is 0 Å². The van der Waals surface area contributed by atoms with Crippen LogP contribution in [0.3, 0.4) is 0 Å². The Bertz CT molecular complexity index is 579. The van der Waals surface area contributed by atoms with Gasteiger partial charge in [-0.3, -0.25) is 0 Å². The SMILES string of the molecule is COc1cccc(-c2cc(CNC3CCSCC3)on2)c1. The molecular formula is C16H20N2O2S. The van der Waals surface area contributed by atoms with Crippen LogP contribution in [-0.4, -0.2) is 29.8 Å². The number of ether oxygens (including phenoxy) is 1. The van der Waals surface area contributed by atoms with Crippen LogP contribution in [0.2, 0.25) is 0 Å². The molecule has 1 aliphatic rings. The van der Waals surface area contributed by atoms with Crippen LogP contribution >= 0.6 is 11.8 Å². The smallest absolute Gasteiger partial charge is 0.151 e. The van der Waals surface area contributed by atoms with Gasteiger partial charge >= 0.3 is 0 Å². The largest absolute Gasteiger partial charge is 0.497 e. The van der Waals surface area contributed by atoms with Gasteiger partial charge in [-0.1, -0.05) is 17.3 Å². The summed E-state index contributed by atoms with van der Waals surface area (Å²) in [4.78, 5) is 0. The highest BCUT2D eigenvalue weighted by Crippen LogP contribution is 2.24. The molecule has 2 heterocycles. The van der Waals surface area contributed by atoms with Crippen LogP contribution in [-0.2, 0) is 6.54 Å². The van der Waals surface area contributed by atoms with Gasteiger partial charge in [0.25, 0.3) is 0 Å². The predicted molar refractivity (Wildman–Crippen MR) is 85.7 cm³/mol. The average Bonchev–Trinajstić information content (AvgIpc) is 3.03. The van der Waals surface area contributed by atoms with Gasteiger partial charge < -0.3 is 14.6 Å². The lowest BCUT2D eigenvalue weighted by Crippen LogP contribution is -2.31. The van der Waals surface area contributed by atoms with E-state index in [0.717, 1.165) is 29.3 Å². The first-order valence-corrected chi connectivity index (χ1v) is 8.42. The summed E-state index contributed by atoms with van der Waals surface area (Å²) in [6.07, 6.45) is 2.48. The molecule has 0 amide bonds. The highest BCUT2D eigenvalue weighted by Gasteiger charge is 2.14. The molecule has 5 heteroatoms. The molecule has 3 rings (SSSR count). The molecule has 0 bridgehead atoms. The van der Waals surface area contributed by atoms with Crippen molar-refractivity contribution in [1.29, 1.82) is 0 Å². The zero-order valence-corrected chi connectivity index (χ0v) is 13.0. The first-order valence-electron chi connectivity index (χ1n) is 7.26. The molecule has 4 nitrogen and oxygen atoms in total. The highest BCUT2D eigenvalue weighted by molar-refractivity contribution is 7.99. The van der Waals surface area contributed by atoms with Gasteiger partial charge in [-0.15, -0.1) is 0 Å². The van der Waals surface area contributed by atoms with Crippen LogP contribution in [0.4, 0.5) is 0 Å². The van der Waals surface area contributed by atoms with E-state index in [4.69, 9.17) is 9.26 Å². The molecule has 1 aliphatic heterocycles. The summed E-state index contributed by atoms with van der Waals surface area (Å²) < 4.78 is 10.7. The summed E-state index contributed by atoms with van der Waals surface area (Å²) in [6, 6.07) is 10.5. The molecule has 112 valence electrons. The number of thioether (sulfide) groups is 1. The van der Waals surface area contributed by atoms with Crippen molar-refractivity contribution in [1.82, 2.24) is 10.5 Å². The maximum atomic E-state index is 5.43. The van der Waals surface area contributed by atoms with Crippen LogP contribution in [0.15, 0.2) is 34.9 Å². The van der Waals surface area contributed by atoms with Crippen molar-refractivity contribution < 1.29 is 9.26 Å². The van der Waals surface area contributed by atoms with Crippen molar-refractivity contribution in [2.45, 2.75) is 25.4 Å². The maximum Gasteiger partial charge on any atom is 0.151 e. The molecule has 0 aliphatic carbocycles. The fourth-order valence-electron chi connectivity index (χ4n) is 2.46. The van der Waals surface area contributed by atoms with Crippen molar-refractivity contribution in [2.75, 3.05) is 18.6 Å². The Labute approximate surface area is 129 Å². The lowest BCUT2D eigenvalue weighted by atomic mass is 10.1. The van der Waals surface area contributed by atoms with Crippen LogP contribution in [0.1, 0.15) is 18.6 Å². The third kappa shape index (κ3) is 3.80. The lowest BCUT2D eigenvalue weighted by molar-refractivity contribution is 0.359. The Morgan fingerprint density at radius 1 is 1.33 bits per heavy atom. The molecule has 1 N–H and O–H groups in total. The van der Waals surface area contributed by atoms with Gasteiger partial charge in [-0.2, -0.15) is 11.8 Å². The molecule has 1 fully saturated rings. The van der Waals surface area contributed by atoms with Crippen LogP contribution in [0.25, 0.3) is 11.3 Å². The topological polar surface area (TPSA) is 47.3 Å². The summed E-state index contributed by atoms with van der Waals surface area (Å²) >= 11 is 2.04. The van der Waals surface area contributed by atoms with Gasteiger partial charge in [-0.25, -0.2) is 0 Å². The minimum atomic E-state index is 0.608. The molecule has 21 heavy (non-hydrogen) atoms. The number of benzene rings is 1. The number of aromatic nitrogens is 1. The molecule has 0 spiro atoms. The van der Waals surface area contributed by atoms with Crippen LogP contribution in [0.5, 0.6) is 5.75 Å². The first-order chi connectivity index (χ1) is 10.3. The average molecular weight is 304 g/mol. The summed E-state index contributed by atoms with van der Waals surface area (Å²) in [5, 5.41) is 7.70. The second-order valence-corrected chi connectivity index (χ2v) is 6.40. The van der Waals surface area contributed by atoms with Gasteiger partial charge in [-0.05, 0) is 36.5 Å². The quantitative estimate of drug-likeness (QED) is 0.918. The van der Waals surface area contributed by atoms with E-state index in [2.05, 4.69) is 10.5 Å². The Morgan fingerprint density at radius 3 is 3.00 bits per heavy atom. The minimum Gasteiger partial charge on any atom is -0.497 e. The molecule has 0 saturated carbocycles. The fraction of sp³-hybridized carbons (Fsp3) is 0.438. The maximum absolute atomic E-state index is 5.43. The van der Waals surface area contributed by atoms with Crippen molar-refractivity contribution in [3.8, 4) is 17.0 Å². The van der Waals surface area contributed by atoms with E-state index >= 15 is 0 Å². The van der Waals surface area contributed by atoms with Gasteiger partial charge in [0.15, 0.2) is 5.76 Å². The number of hydrogen-bond acceptors (Lipinski definition) is 5. The molecule has 2 aromatic rings. The normalized spacial score (nSPS) is 16.0. The number of nitrogens with one attached hydrogen (secondary N) is 1. The summed E-state index contributed by atoms with van der Waals surface area (Å²) in [5.41, 5.74) is 1.86. The van der Waals surface area contributed by atoms with E-state index in [1.807, 2.05) is 42.1 Å². The van der Waals surface area contributed by atoms with E-state index in [-0.39, 0.29) is 0 Å². The second kappa shape index (κ2) is 7.00. The van der Waals surface area contributed by atoms with E-state index in [0.29, 0.717) is 6.04 Å². The highest BCUT2D eigenvalue weighted by atomic mass is 32.2. The van der Waals surface area contributed by atoms with Crippen molar-refractivity contribution >= 4 is 11.8 Å². The molecule has 1 aromatic carbocycles. The Kier molecular flexibility index (Phi) is 4.83. The molecule has 0 radical (unpaired) electrons. The van der Waals surface area contributed by atoms with Gasteiger partial charge in [0.1, 0.15) is 11.4 Å². The van der Waals surface area contributed by atoms with Gasteiger partial charge in [0.05, 0.1) is 13.7 Å². The minimum absolute atomic E-state index is 0.608. The number of nitrogens with zero attached hydrogens (tertiary/aromatic N) is 1. The molecule has 0 unspecified atom stereocenters. The van der Waals surface area contributed by atoms with E-state index in [1.165, 1.54) is 24.3 Å². The lowest BCUT2D eigenvalue weighted by Gasteiger charge is -2.21. The van der Waals surface area contributed by atoms with Crippen LogP contribution < -0.4 is 10.1 Å². The number of hydrogen-bond donors (Lipinski definition) is 1. The summed E-state index contributed by atoms with van der Waals surface area (Å²) in [7, 11) is 1.67. The zero-order valence-electron chi connectivity index (χ0n) is 12.2. The van der Waals surface area contributed by atoms with Gasteiger partial charge in [0.2, 0.25) is 0 Å². The third-order valence-corrected chi connectivity index (χ3v) is 4.76.